The van der Waals surface area contributed by atoms with E-state index in [2.05, 4.69) is 21.9 Å². The van der Waals surface area contributed by atoms with Crippen LogP contribution in [0.1, 0.15) is 15.9 Å². The molecule has 0 saturated carbocycles. The minimum atomic E-state index is -0.111. The van der Waals surface area contributed by atoms with Crippen LogP contribution in [-0.4, -0.2) is 64.9 Å². The summed E-state index contributed by atoms with van der Waals surface area (Å²) in [4.78, 5) is 38.3. The summed E-state index contributed by atoms with van der Waals surface area (Å²) in [6, 6.07) is 9.43. The first kappa shape index (κ1) is 23.8. The van der Waals surface area contributed by atoms with Crippen LogP contribution in [0.15, 0.2) is 64.5 Å². The first-order chi connectivity index (χ1) is 16.5. The molecule has 1 N–H and O–H groups in total. The van der Waals surface area contributed by atoms with E-state index >= 15 is 0 Å². The number of pyridine rings is 1. The Morgan fingerprint density at radius 1 is 1.18 bits per heavy atom. The van der Waals surface area contributed by atoms with Crippen molar-refractivity contribution in [3.05, 3.63) is 66.5 Å². The summed E-state index contributed by atoms with van der Waals surface area (Å²) in [7, 11) is 1.57. The molecular formula is C24H25N5O3S2. The highest BCUT2D eigenvalue weighted by Gasteiger charge is 2.26. The van der Waals surface area contributed by atoms with Crippen molar-refractivity contribution in [2.75, 3.05) is 38.6 Å². The number of hydrogen-bond acceptors (Lipinski definition) is 8. The molecule has 176 valence electrons. The average molecular weight is 496 g/mol. The van der Waals surface area contributed by atoms with Crippen molar-refractivity contribution in [2.24, 2.45) is 0 Å². The number of aryl methyl sites for hydroxylation is 1. The topological polar surface area (TPSA) is 87.7 Å². The molecule has 0 atom stereocenters. The van der Waals surface area contributed by atoms with Crippen molar-refractivity contribution in [2.45, 2.75) is 16.0 Å². The fraction of sp³-hybridized carbons (Fsp3) is 0.250. The molecule has 0 bridgehead atoms. The van der Waals surface area contributed by atoms with E-state index in [9.17, 15) is 9.59 Å². The first-order valence-electron chi connectivity index (χ1n) is 10.7. The van der Waals surface area contributed by atoms with Gasteiger partial charge in [0, 0.05) is 37.3 Å². The molecule has 0 radical (unpaired) electrons. The summed E-state index contributed by atoms with van der Waals surface area (Å²) < 4.78 is 6.52. The van der Waals surface area contributed by atoms with Gasteiger partial charge >= 0.3 is 0 Å². The molecule has 1 aliphatic rings. The number of ether oxygens (including phenoxy) is 1. The largest absolute Gasteiger partial charge is 0.496 e. The number of thiazole rings is 1. The van der Waals surface area contributed by atoms with Gasteiger partial charge in [0.05, 0.1) is 23.1 Å². The van der Waals surface area contributed by atoms with Gasteiger partial charge in [0.25, 0.3) is 5.91 Å². The maximum absolute atomic E-state index is 13.3. The molecule has 1 aromatic carbocycles. The summed E-state index contributed by atoms with van der Waals surface area (Å²) in [6.07, 6.45) is 4.84. The molecule has 2 amide bonds. The summed E-state index contributed by atoms with van der Waals surface area (Å²) >= 11 is 3.07. The van der Waals surface area contributed by atoms with E-state index in [0.717, 1.165) is 25.6 Å². The third kappa shape index (κ3) is 5.40. The second-order valence-corrected chi connectivity index (χ2v) is 9.94. The molecule has 1 fully saturated rings. The Labute approximate surface area is 206 Å². The van der Waals surface area contributed by atoms with Crippen LogP contribution >= 0.6 is 23.1 Å². The van der Waals surface area contributed by atoms with Gasteiger partial charge in [-0.2, -0.15) is 0 Å². The van der Waals surface area contributed by atoms with E-state index < -0.39 is 0 Å². The van der Waals surface area contributed by atoms with Crippen LogP contribution in [0.4, 0.5) is 10.9 Å². The number of piperazine rings is 1. The number of amides is 2. The minimum absolute atomic E-state index is 0.105. The molecule has 4 rings (SSSR count). The third-order valence-corrected chi connectivity index (χ3v) is 7.55. The number of methoxy groups -OCH3 is 1. The van der Waals surface area contributed by atoms with E-state index in [1.54, 1.807) is 34.9 Å². The second-order valence-electron chi connectivity index (χ2n) is 7.57. The van der Waals surface area contributed by atoms with Crippen LogP contribution in [0.5, 0.6) is 5.75 Å². The lowest BCUT2D eigenvalue weighted by atomic mass is 10.1. The van der Waals surface area contributed by atoms with Gasteiger partial charge in [-0.05, 0) is 42.8 Å². The fourth-order valence-corrected chi connectivity index (χ4v) is 5.50. The summed E-state index contributed by atoms with van der Waals surface area (Å²) in [5.41, 5.74) is 1.52. The summed E-state index contributed by atoms with van der Waals surface area (Å²) in [6.45, 7) is 7.43. The Morgan fingerprint density at radius 2 is 1.94 bits per heavy atom. The number of rotatable bonds is 7. The van der Waals surface area contributed by atoms with Crippen LogP contribution in [0.2, 0.25) is 0 Å². The van der Waals surface area contributed by atoms with Gasteiger partial charge in [-0.15, -0.1) is 0 Å². The molecule has 10 heteroatoms. The molecule has 2 aromatic heterocycles. The van der Waals surface area contributed by atoms with E-state index in [1.807, 2.05) is 43.5 Å². The molecule has 8 nitrogen and oxygen atoms in total. The zero-order valence-electron chi connectivity index (χ0n) is 19.0. The summed E-state index contributed by atoms with van der Waals surface area (Å²) in [5.74, 6) is 1.06. The Morgan fingerprint density at radius 3 is 2.62 bits per heavy atom. The maximum atomic E-state index is 13.3. The average Bonchev–Trinajstić information content (AvgIpc) is 3.31. The molecule has 0 unspecified atom stereocenters. The normalized spacial score (nSPS) is 13.5. The molecule has 3 aromatic rings. The van der Waals surface area contributed by atoms with Crippen molar-refractivity contribution in [3.8, 4) is 5.75 Å². The van der Waals surface area contributed by atoms with Crippen LogP contribution < -0.4 is 10.1 Å². The molecular weight excluding hydrogens is 470 g/mol. The van der Waals surface area contributed by atoms with Crippen molar-refractivity contribution in [3.63, 3.8) is 0 Å². The van der Waals surface area contributed by atoms with Crippen molar-refractivity contribution in [1.82, 2.24) is 19.8 Å². The zero-order chi connectivity index (χ0) is 24.1. The lowest BCUT2D eigenvalue weighted by Crippen LogP contribution is -2.50. The number of aromatic nitrogens is 2. The number of anilines is 2. The highest BCUT2D eigenvalue weighted by molar-refractivity contribution is 8.01. The number of nitrogens with zero attached hydrogens (tertiary/aromatic N) is 4. The van der Waals surface area contributed by atoms with Crippen molar-refractivity contribution < 1.29 is 14.3 Å². The Bertz CT molecular complexity index is 1190. The quantitative estimate of drug-likeness (QED) is 0.491. The van der Waals surface area contributed by atoms with Crippen molar-refractivity contribution >= 4 is 45.9 Å². The Hall–Kier alpha value is -3.37. The highest BCUT2D eigenvalue weighted by Crippen LogP contribution is 2.39. The molecule has 1 aliphatic heterocycles. The predicted octanol–water partition coefficient (Wildman–Crippen LogP) is 4.22. The lowest BCUT2D eigenvalue weighted by Gasteiger charge is -2.34. The van der Waals surface area contributed by atoms with Crippen LogP contribution in [0.25, 0.3) is 0 Å². The van der Waals surface area contributed by atoms with E-state index in [1.165, 1.54) is 17.4 Å². The van der Waals surface area contributed by atoms with Crippen molar-refractivity contribution in [1.29, 1.82) is 0 Å². The smallest absolute Gasteiger partial charge is 0.257 e. The van der Waals surface area contributed by atoms with Crippen LogP contribution in [-0.2, 0) is 4.79 Å². The van der Waals surface area contributed by atoms with E-state index in [4.69, 9.17) is 4.74 Å². The molecule has 34 heavy (non-hydrogen) atoms. The van der Waals surface area contributed by atoms with Gasteiger partial charge in [0.1, 0.15) is 11.6 Å². The third-order valence-electron chi connectivity index (χ3n) is 5.38. The molecule has 3 heterocycles. The van der Waals surface area contributed by atoms with E-state index in [-0.39, 0.29) is 11.8 Å². The Balaban J connectivity index is 1.50. The van der Waals surface area contributed by atoms with Gasteiger partial charge in [-0.3, -0.25) is 9.59 Å². The van der Waals surface area contributed by atoms with E-state index in [0.29, 0.717) is 37.5 Å². The van der Waals surface area contributed by atoms with Crippen LogP contribution in [0, 0.1) is 6.92 Å². The van der Waals surface area contributed by atoms with Gasteiger partial charge in [-0.25, -0.2) is 9.97 Å². The Kier molecular flexibility index (Phi) is 7.49. The van der Waals surface area contributed by atoms with Gasteiger partial charge in [0.2, 0.25) is 5.91 Å². The SMILES string of the molecule is C=CC(=O)N1CCN(C(=O)c2cc(Sc3cnc(Nc4ccccn4)s3)c(C)cc2OC)CC1. The number of hydrogen-bond donors (Lipinski definition) is 1. The van der Waals surface area contributed by atoms with Gasteiger partial charge in [-0.1, -0.05) is 35.7 Å². The zero-order valence-corrected chi connectivity index (χ0v) is 20.6. The number of carbonyl (C=O) groups excluding carboxylic acids is 2. The monoisotopic (exact) mass is 495 g/mol. The highest BCUT2D eigenvalue weighted by atomic mass is 32.2. The minimum Gasteiger partial charge on any atom is -0.496 e. The number of carbonyl (C=O) groups is 2. The molecule has 0 spiro atoms. The second kappa shape index (κ2) is 10.7. The summed E-state index contributed by atoms with van der Waals surface area (Å²) in [5, 5.41) is 3.95. The maximum Gasteiger partial charge on any atom is 0.257 e. The number of benzene rings is 1. The molecule has 1 saturated heterocycles. The van der Waals surface area contributed by atoms with Gasteiger partial charge < -0.3 is 19.9 Å². The standard InChI is InChI=1S/C24H25N5O3S2/c1-4-21(30)28-9-11-29(12-10-28)23(31)17-14-19(16(2)13-18(17)32-3)33-22-15-26-24(34-22)27-20-7-5-6-8-25-20/h4-8,13-15H,1,9-12H2,2-3H3,(H,25,26,27). The van der Waals surface area contributed by atoms with Gasteiger partial charge in [0.15, 0.2) is 5.13 Å². The number of nitrogens with one attached hydrogen (secondary N) is 1. The molecule has 0 aliphatic carbocycles. The predicted molar refractivity (Wildman–Crippen MR) is 134 cm³/mol. The van der Waals surface area contributed by atoms with Crippen LogP contribution in [0.3, 0.4) is 0 Å². The first-order valence-corrected chi connectivity index (χ1v) is 12.3. The fourth-order valence-electron chi connectivity index (χ4n) is 3.56. The lowest BCUT2D eigenvalue weighted by molar-refractivity contribution is -0.127.